The van der Waals surface area contributed by atoms with Crippen molar-refractivity contribution < 1.29 is 9.90 Å². The van der Waals surface area contributed by atoms with Crippen molar-refractivity contribution in [2.75, 3.05) is 43.4 Å². The Morgan fingerprint density at radius 3 is 2.50 bits per heavy atom. The highest BCUT2D eigenvalue weighted by molar-refractivity contribution is 5.90. The van der Waals surface area contributed by atoms with E-state index >= 15 is 0 Å². The van der Waals surface area contributed by atoms with E-state index in [-0.39, 0.29) is 5.56 Å². The van der Waals surface area contributed by atoms with Crippen LogP contribution in [0, 0.1) is 5.92 Å². The largest absolute Gasteiger partial charge is 0.478 e. The topological polar surface area (TPSA) is 69.8 Å². The van der Waals surface area contributed by atoms with Gasteiger partial charge in [0, 0.05) is 32.7 Å². The zero-order chi connectivity index (χ0) is 14.1. The Hall–Kier alpha value is -1.75. The van der Waals surface area contributed by atoms with Crippen LogP contribution in [0.25, 0.3) is 0 Å². The highest BCUT2D eigenvalue weighted by Crippen LogP contribution is 2.31. The van der Waals surface area contributed by atoms with E-state index < -0.39 is 5.97 Å². The zero-order valence-corrected chi connectivity index (χ0v) is 11.6. The summed E-state index contributed by atoms with van der Waals surface area (Å²) in [4.78, 5) is 15.7. The minimum atomic E-state index is -0.933. The number of carboxylic acids is 1. The van der Waals surface area contributed by atoms with Gasteiger partial charge in [0.05, 0.1) is 16.9 Å². The number of nitrogens with two attached hydrogens (primary N) is 1. The molecule has 3 rings (SSSR count). The highest BCUT2D eigenvalue weighted by Gasteiger charge is 2.26. The molecule has 1 saturated heterocycles. The van der Waals surface area contributed by atoms with Gasteiger partial charge in [-0.15, -0.1) is 0 Å². The maximum Gasteiger partial charge on any atom is 0.335 e. The summed E-state index contributed by atoms with van der Waals surface area (Å²) < 4.78 is 0. The zero-order valence-electron chi connectivity index (χ0n) is 11.6. The molecular formula is C15H21N3O2. The summed E-state index contributed by atoms with van der Waals surface area (Å²) in [7, 11) is 0. The second-order valence-corrected chi connectivity index (χ2v) is 5.81. The lowest BCUT2D eigenvalue weighted by Crippen LogP contribution is -2.47. The first-order valence-corrected chi connectivity index (χ1v) is 7.23. The van der Waals surface area contributed by atoms with Gasteiger partial charge in [-0.2, -0.15) is 0 Å². The Bertz CT molecular complexity index is 506. The third-order valence-corrected chi connectivity index (χ3v) is 4.20. The molecule has 5 nitrogen and oxygen atoms in total. The van der Waals surface area contributed by atoms with Gasteiger partial charge < -0.3 is 15.7 Å². The molecule has 1 aliphatic carbocycles. The summed E-state index contributed by atoms with van der Waals surface area (Å²) in [5.41, 5.74) is 7.76. The van der Waals surface area contributed by atoms with Crippen LogP contribution in [0.5, 0.6) is 0 Å². The van der Waals surface area contributed by atoms with Crippen LogP contribution in [0.3, 0.4) is 0 Å². The predicted octanol–water partition coefficient (Wildman–Crippen LogP) is 1.50. The van der Waals surface area contributed by atoms with Crippen molar-refractivity contribution in [2.24, 2.45) is 5.92 Å². The van der Waals surface area contributed by atoms with Gasteiger partial charge in [-0.3, -0.25) is 4.90 Å². The fourth-order valence-electron chi connectivity index (χ4n) is 2.81. The number of hydrogen-bond donors (Lipinski definition) is 2. The van der Waals surface area contributed by atoms with Gasteiger partial charge in [0.15, 0.2) is 0 Å². The monoisotopic (exact) mass is 275 g/mol. The molecule has 2 fully saturated rings. The Kier molecular flexibility index (Phi) is 3.53. The Morgan fingerprint density at radius 1 is 1.25 bits per heavy atom. The second kappa shape index (κ2) is 5.32. The first-order valence-electron chi connectivity index (χ1n) is 7.23. The summed E-state index contributed by atoms with van der Waals surface area (Å²) in [5.74, 6) is -0.000952. The van der Waals surface area contributed by atoms with E-state index in [1.807, 2.05) is 6.07 Å². The molecule has 0 radical (unpaired) electrons. The molecule has 0 unspecified atom stereocenters. The Balaban J connectivity index is 1.63. The lowest BCUT2D eigenvalue weighted by Gasteiger charge is -2.36. The van der Waals surface area contributed by atoms with E-state index in [1.54, 1.807) is 12.1 Å². The molecule has 1 aliphatic heterocycles. The lowest BCUT2D eigenvalue weighted by atomic mass is 10.1. The van der Waals surface area contributed by atoms with Crippen LogP contribution >= 0.6 is 0 Å². The summed E-state index contributed by atoms with van der Waals surface area (Å²) in [6, 6.07) is 5.01. The molecule has 108 valence electrons. The number of aromatic carboxylic acids is 1. The number of carboxylic acid groups (broad SMARTS) is 1. The van der Waals surface area contributed by atoms with Crippen molar-refractivity contribution in [1.29, 1.82) is 0 Å². The van der Waals surface area contributed by atoms with Crippen molar-refractivity contribution >= 4 is 17.3 Å². The average Bonchev–Trinajstić information content (AvgIpc) is 3.24. The normalized spacial score (nSPS) is 20.1. The highest BCUT2D eigenvalue weighted by atomic mass is 16.4. The quantitative estimate of drug-likeness (QED) is 0.815. The number of rotatable bonds is 4. The molecular weight excluding hydrogens is 254 g/mol. The van der Waals surface area contributed by atoms with Gasteiger partial charge in [-0.1, -0.05) is 0 Å². The van der Waals surface area contributed by atoms with Gasteiger partial charge in [-0.05, 0) is 37.0 Å². The van der Waals surface area contributed by atoms with Crippen LogP contribution in [0.2, 0.25) is 0 Å². The van der Waals surface area contributed by atoms with E-state index in [4.69, 9.17) is 10.8 Å². The summed E-state index contributed by atoms with van der Waals surface area (Å²) >= 11 is 0. The van der Waals surface area contributed by atoms with Crippen LogP contribution in [0.1, 0.15) is 23.2 Å². The number of piperazine rings is 1. The minimum absolute atomic E-state index is 0.249. The van der Waals surface area contributed by atoms with Crippen LogP contribution < -0.4 is 10.6 Å². The van der Waals surface area contributed by atoms with Gasteiger partial charge >= 0.3 is 5.97 Å². The number of benzene rings is 1. The van der Waals surface area contributed by atoms with E-state index in [0.29, 0.717) is 5.69 Å². The Labute approximate surface area is 119 Å². The van der Waals surface area contributed by atoms with Crippen molar-refractivity contribution in [3.8, 4) is 0 Å². The van der Waals surface area contributed by atoms with Crippen molar-refractivity contribution in [3.63, 3.8) is 0 Å². The van der Waals surface area contributed by atoms with E-state index in [0.717, 1.165) is 37.8 Å². The maximum atomic E-state index is 10.9. The van der Waals surface area contributed by atoms with Crippen LogP contribution in [-0.4, -0.2) is 48.7 Å². The summed E-state index contributed by atoms with van der Waals surface area (Å²) in [6.07, 6.45) is 2.79. The molecule has 0 aromatic heterocycles. The number of nitrogens with zero attached hydrogens (tertiary/aromatic N) is 2. The van der Waals surface area contributed by atoms with Gasteiger partial charge in [0.25, 0.3) is 0 Å². The molecule has 1 heterocycles. The minimum Gasteiger partial charge on any atom is -0.478 e. The molecule has 1 aromatic rings. The molecule has 2 aliphatic rings. The van der Waals surface area contributed by atoms with Crippen LogP contribution in [-0.2, 0) is 0 Å². The van der Waals surface area contributed by atoms with E-state index in [1.165, 1.54) is 19.4 Å². The fourth-order valence-corrected chi connectivity index (χ4v) is 2.81. The first-order chi connectivity index (χ1) is 9.63. The van der Waals surface area contributed by atoms with Gasteiger partial charge in [0.2, 0.25) is 0 Å². The number of nitrogen functional groups attached to an aromatic ring is 1. The van der Waals surface area contributed by atoms with E-state index in [2.05, 4.69) is 9.80 Å². The standard InChI is InChI=1S/C15H21N3O2/c16-13-9-12(15(19)20)3-4-14(13)18-7-5-17(6-8-18)10-11-1-2-11/h3-4,9,11H,1-2,5-8,10,16H2,(H,19,20). The first kappa shape index (κ1) is 13.2. The molecule has 3 N–H and O–H groups in total. The van der Waals surface area contributed by atoms with Crippen molar-refractivity contribution in [3.05, 3.63) is 23.8 Å². The molecule has 0 spiro atoms. The van der Waals surface area contributed by atoms with Gasteiger partial charge in [0.1, 0.15) is 0 Å². The predicted molar refractivity (Wildman–Crippen MR) is 79.2 cm³/mol. The number of carbonyl (C=O) groups is 1. The molecule has 1 saturated carbocycles. The third kappa shape index (κ3) is 2.88. The smallest absolute Gasteiger partial charge is 0.335 e. The van der Waals surface area contributed by atoms with Crippen molar-refractivity contribution in [1.82, 2.24) is 4.90 Å². The van der Waals surface area contributed by atoms with Crippen LogP contribution in [0.15, 0.2) is 18.2 Å². The lowest BCUT2D eigenvalue weighted by molar-refractivity contribution is 0.0697. The third-order valence-electron chi connectivity index (χ3n) is 4.20. The molecule has 0 atom stereocenters. The average molecular weight is 275 g/mol. The summed E-state index contributed by atoms with van der Waals surface area (Å²) in [5, 5.41) is 8.96. The van der Waals surface area contributed by atoms with Gasteiger partial charge in [-0.25, -0.2) is 4.79 Å². The molecule has 0 amide bonds. The number of hydrogen-bond acceptors (Lipinski definition) is 4. The van der Waals surface area contributed by atoms with Crippen molar-refractivity contribution in [2.45, 2.75) is 12.8 Å². The number of anilines is 2. The molecule has 0 bridgehead atoms. The second-order valence-electron chi connectivity index (χ2n) is 5.81. The van der Waals surface area contributed by atoms with Crippen LogP contribution in [0.4, 0.5) is 11.4 Å². The van der Waals surface area contributed by atoms with E-state index in [9.17, 15) is 4.79 Å². The maximum absolute atomic E-state index is 10.9. The SMILES string of the molecule is Nc1cc(C(=O)O)ccc1N1CCN(CC2CC2)CC1. The molecule has 5 heteroatoms. The molecule has 20 heavy (non-hydrogen) atoms. The molecule has 1 aromatic carbocycles. The summed E-state index contributed by atoms with van der Waals surface area (Å²) in [6.45, 7) is 5.29. The Morgan fingerprint density at radius 2 is 1.95 bits per heavy atom. The fraction of sp³-hybridized carbons (Fsp3) is 0.533.